The van der Waals surface area contributed by atoms with Crippen molar-refractivity contribution in [3.8, 4) is 5.88 Å². The van der Waals surface area contributed by atoms with Crippen molar-refractivity contribution in [2.75, 3.05) is 31.8 Å². The molecule has 8 N–H and O–H groups in total. The number of alkyl halides is 2. The first-order chi connectivity index (χ1) is 21.7. The lowest BCUT2D eigenvalue weighted by atomic mass is 9.94. The van der Waals surface area contributed by atoms with E-state index in [0.717, 1.165) is 10.9 Å². The molecule has 0 aromatic carbocycles. The third-order valence-electron chi connectivity index (χ3n) is 7.87. The van der Waals surface area contributed by atoms with Crippen LogP contribution in [0.2, 0.25) is 0 Å². The van der Waals surface area contributed by atoms with Gasteiger partial charge in [0.1, 0.15) is 30.2 Å². The number of halogens is 2. The molecule has 8 atom stereocenters. The average molecular weight is 691 g/mol. The molecule has 23 heteroatoms. The minimum absolute atomic E-state index is 0.113. The van der Waals surface area contributed by atoms with Crippen LogP contribution in [0.1, 0.15) is 25.8 Å². The summed E-state index contributed by atoms with van der Waals surface area (Å²) in [4.78, 5) is 34.6. The molecule has 2 fully saturated rings. The number of nitrogens with two attached hydrogens (primary N) is 2. The second-order valence-electron chi connectivity index (χ2n) is 10.7. The third-order valence-corrected chi connectivity index (χ3v) is 9.45. The highest BCUT2D eigenvalue weighted by atomic mass is 32.5. The molecule has 0 bridgehead atoms. The lowest BCUT2D eigenvalue weighted by Gasteiger charge is -2.30. The van der Waals surface area contributed by atoms with E-state index in [-0.39, 0.29) is 29.4 Å². The Balaban J connectivity index is 1.19. The topological polar surface area (TPSA) is 266 Å². The Bertz CT molecular complexity index is 1820. The second kappa shape index (κ2) is 11.7. The molecule has 0 amide bonds. The number of anilines is 2. The summed E-state index contributed by atoms with van der Waals surface area (Å²) >= 11 is 5.08. The Morgan fingerprint density at radius 3 is 2.48 bits per heavy atom. The number of methoxy groups -OCH3 is 1. The van der Waals surface area contributed by atoms with Gasteiger partial charge >= 0.3 is 12.6 Å². The van der Waals surface area contributed by atoms with E-state index in [9.17, 15) is 20.2 Å². The van der Waals surface area contributed by atoms with Gasteiger partial charge in [0.2, 0.25) is 11.8 Å². The van der Waals surface area contributed by atoms with E-state index in [4.69, 9.17) is 46.5 Å². The molecule has 6 heterocycles. The zero-order chi connectivity index (χ0) is 33.2. The van der Waals surface area contributed by atoms with Gasteiger partial charge in [-0.2, -0.15) is 9.97 Å². The minimum Gasteiger partial charge on any atom is -0.492 e. The normalized spacial score (nSPS) is 30.8. The highest BCUT2D eigenvalue weighted by molar-refractivity contribution is 8.07. The monoisotopic (exact) mass is 690 g/mol. The Labute approximate surface area is 262 Å². The molecule has 46 heavy (non-hydrogen) atoms. The summed E-state index contributed by atoms with van der Waals surface area (Å²) in [6, 6.07) is 0. The van der Waals surface area contributed by atoms with E-state index in [1.54, 1.807) is 6.92 Å². The molecule has 4 aromatic rings. The highest BCUT2D eigenvalue weighted by Crippen LogP contribution is 2.54. The summed E-state index contributed by atoms with van der Waals surface area (Å²) in [7, 11) is 1.38. The van der Waals surface area contributed by atoms with Gasteiger partial charge in [0, 0.05) is 13.5 Å². The summed E-state index contributed by atoms with van der Waals surface area (Å²) in [5.74, 6) is -4.75. The number of imidazole rings is 2. The fourth-order valence-electron chi connectivity index (χ4n) is 5.48. The summed E-state index contributed by atoms with van der Waals surface area (Å²) in [6.45, 7) is -4.44. The van der Waals surface area contributed by atoms with Gasteiger partial charge in [-0.25, -0.2) is 28.7 Å². The molecular weight excluding hydrogens is 661 g/mol. The van der Waals surface area contributed by atoms with Crippen molar-refractivity contribution in [3.63, 3.8) is 0 Å². The zero-order valence-electron chi connectivity index (χ0n) is 24.0. The molecule has 0 aliphatic carbocycles. The van der Waals surface area contributed by atoms with Crippen molar-refractivity contribution >= 4 is 52.6 Å². The van der Waals surface area contributed by atoms with Crippen molar-refractivity contribution in [3.05, 3.63) is 19.0 Å². The first-order valence-corrected chi connectivity index (χ1v) is 16.1. The quantitative estimate of drug-likeness (QED) is 0.117. The Hall–Kier alpha value is -3.31. The van der Waals surface area contributed by atoms with Gasteiger partial charge in [0.05, 0.1) is 31.5 Å². The van der Waals surface area contributed by atoms with Crippen molar-refractivity contribution in [2.45, 2.75) is 61.7 Å². The standard InChI is InChI=1S/C23H29F2N10O9PS/c1-22(13(37)12(40-2)19(43-22)34-7-30-10-15(26)28-6-29-16(10)34)3-4-41-45(39,46)44-14-20(42-9(5-36)23(14,24)25)35-8-31-11-17(35)32-21(27)33-18(11)38/h6-9,12-14,19-20,36-37H,3-5H2,1-2H3,(H,39,46)(H2,26,28,29)(H3,27,32,33,38)/t9-,12-,13+,14+,19-,20-,22-,45?/m1/s1. The maximum Gasteiger partial charge on any atom is 0.325 e. The van der Waals surface area contributed by atoms with Crippen molar-refractivity contribution < 1.29 is 52.3 Å². The number of nitrogen functional groups attached to an aromatic ring is 2. The molecule has 250 valence electrons. The summed E-state index contributed by atoms with van der Waals surface area (Å²) < 4.78 is 61.2. The number of fused-ring (bicyclic) bond motifs is 2. The van der Waals surface area contributed by atoms with Crippen LogP contribution in [0.4, 0.5) is 20.5 Å². The van der Waals surface area contributed by atoms with Crippen LogP contribution in [-0.4, -0.2) is 116 Å². The van der Waals surface area contributed by atoms with E-state index in [2.05, 4.69) is 29.9 Å². The summed E-state index contributed by atoms with van der Waals surface area (Å²) in [5.41, 5.74) is 10.4. The summed E-state index contributed by atoms with van der Waals surface area (Å²) in [5, 5.41) is 30.8. The molecule has 0 spiro atoms. The number of aliphatic hydroxyl groups excluding tert-OH is 2. The fourth-order valence-corrected chi connectivity index (χ4v) is 6.90. The molecule has 2 aliphatic heterocycles. The molecule has 0 saturated carbocycles. The highest BCUT2D eigenvalue weighted by Gasteiger charge is 2.62. The third kappa shape index (κ3) is 5.43. The molecule has 2 saturated heterocycles. The zero-order valence-corrected chi connectivity index (χ0v) is 25.7. The second-order valence-corrected chi connectivity index (χ2v) is 13.5. The number of nitrogens with zero attached hydrogens (tertiary/aromatic N) is 8. The van der Waals surface area contributed by atoms with Gasteiger partial charge < -0.3 is 50.4 Å². The van der Waals surface area contributed by atoms with E-state index >= 15 is 8.78 Å². The molecule has 0 radical (unpaired) electrons. The van der Waals surface area contributed by atoms with Crippen LogP contribution in [0.25, 0.3) is 22.3 Å². The van der Waals surface area contributed by atoms with Gasteiger partial charge in [-0.1, -0.05) is 0 Å². The van der Waals surface area contributed by atoms with E-state index in [1.807, 2.05) is 0 Å². The van der Waals surface area contributed by atoms with E-state index in [0.29, 0.717) is 11.2 Å². The molecule has 1 unspecified atom stereocenters. The predicted molar refractivity (Wildman–Crippen MR) is 154 cm³/mol. The molecule has 4 aromatic heterocycles. The molecule has 19 nitrogen and oxygen atoms in total. The van der Waals surface area contributed by atoms with Gasteiger partial charge in [-0.05, 0) is 18.7 Å². The predicted octanol–water partition coefficient (Wildman–Crippen LogP) is -0.267. The minimum atomic E-state index is -4.47. The van der Waals surface area contributed by atoms with Gasteiger partial charge in [-0.15, -0.1) is 0 Å². The number of aromatic nitrogens is 8. The Morgan fingerprint density at radius 2 is 1.78 bits per heavy atom. The van der Waals surface area contributed by atoms with Crippen molar-refractivity contribution in [1.82, 2.24) is 39.0 Å². The fraction of sp³-hybridized carbons (Fsp3) is 0.565. The van der Waals surface area contributed by atoms with E-state index in [1.165, 1.54) is 24.3 Å². The van der Waals surface area contributed by atoms with Crippen molar-refractivity contribution in [1.29, 1.82) is 0 Å². The Morgan fingerprint density at radius 1 is 1.09 bits per heavy atom. The van der Waals surface area contributed by atoms with Crippen LogP contribution in [0.15, 0.2) is 19.0 Å². The van der Waals surface area contributed by atoms with Crippen LogP contribution in [0, 0.1) is 0 Å². The Kier molecular flexibility index (Phi) is 8.32. The van der Waals surface area contributed by atoms with Crippen LogP contribution in [-0.2, 0) is 35.1 Å². The number of hydrogen-bond acceptors (Lipinski definition) is 17. The van der Waals surface area contributed by atoms with Crippen LogP contribution in [0.3, 0.4) is 0 Å². The summed E-state index contributed by atoms with van der Waals surface area (Å²) in [6.07, 6.45) is -5.67. The molecule has 6 rings (SSSR count). The molecule has 2 aliphatic rings. The van der Waals surface area contributed by atoms with Gasteiger partial charge in [-0.3, -0.25) is 13.7 Å². The maximum absolute atomic E-state index is 15.4. The first kappa shape index (κ1) is 32.6. The first-order valence-electron chi connectivity index (χ1n) is 13.5. The van der Waals surface area contributed by atoms with Gasteiger partial charge in [0.15, 0.2) is 41.2 Å². The number of aliphatic hydroxyl groups is 2. The number of ether oxygens (including phenoxy) is 3. The number of hydrogen-bond donors (Lipinski definition) is 6. The molecular formula is C23H29F2N10O9PS. The van der Waals surface area contributed by atoms with Crippen LogP contribution in [0.5, 0.6) is 5.88 Å². The van der Waals surface area contributed by atoms with Crippen LogP contribution >= 0.6 is 6.72 Å². The van der Waals surface area contributed by atoms with Gasteiger partial charge in [0.25, 0.3) is 0 Å². The lowest BCUT2D eigenvalue weighted by Crippen LogP contribution is -2.42. The van der Waals surface area contributed by atoms with E-state index < -0.39 is 74.2 Å². The maximum atomic E-state index is 15.4. The average Bonchev–Trinajstić information content (AvgIpc) is 3.72. The number of aromatic hydroxyl groups is 1. The number of rotatable bonds is 10. The lowest BCUT2D eigenvalue weighted by molar-refractivity contribution is -0.121. The smallest absolute Gasteiger partial charge is 0.325 e. The largest absolute Gasteiger partial charge is 0.492 e. The van der Waals surface area contributed by atoms with Crippen molar-refractivity contribution in [2.24, 2.45) is 0 Å². The van der Waals surface area contributed by atoms with Crippen LogP contribution < -0.4 is 11.5 Å². The SMILES string of the molecule is CO[C@H]1[C@H](n2cnc3c(N)ncnc32)O[C@](C)(CCOP(O)(=S)O[C@H]2[C@H](n3cnc4c(O)nc(N)nc43)O[C@H](CO)C2(F)F)[C@H]1O.